The molecule has 4 rings (SSSR count). The Bertz CT molecular complexity index is 1320. The second kappa shape index (κ2) is 12.4. The summed E-state index contributed by atoms with van der Waals surface area (Å²) in [5, 5.41) is 11.0. The summed E-state index contributed by atoms with van der Waals surface area (Å²) in [7, 11) is 3.56. The van der Waals surface area contributed by atoms with Crippen LogP contribution in [0.2, 0.25) is 0 Å². The van der Waals surface area contributed by atoms with E-state index in [-0.39, 0.29) is 17.7 Å². The monoisotopic (exact) mass is 519 g/mol. The van der Waals surface area contributed by atoms with Gasteiger partial charge in [0.05, 0.1) is 28.8 Å². The highest BCUT2D eigenvalue weighted by Crippen LogP contribution is 2.26. The lowest BCUT2D eigenvalue weighted by Crippen LogP contribution is -2.28. The lowest BCUT2D eigenvalue weighted by molar-refractivity contribution is -0.120. The molecule has 0 aliphatic carbocycles. The van der Waals surface area contributed by atoms with Gasteiger partial charge in [-0.25, -0.2) is 9.97 Å². The summed E-state index contributed by atoms with van der Waals surface area (Å²) in [4.78, 5) is 37.1. The molecule has 10 heteroatoms. The molecule has 0 radical (unpaired) electrons. The van der Waals surface area contributed by atoms with Crippen molar-refractivity contribution in [2.45, 2.75) is 44.9 Å². The Labute approximate surface area is 220 Å². The molecule has 4 aromatic rings. The van der Waals surface area contributed by atoms with Crippen molar-refractivity contribution in [2.24, 2.45) is 7.05 Å². The molecule has 0 aliphatic rings. The lowest BCUT2D eigenvalue weighted by atomic mass is 9.99. The molecule has 37 heavy (non-hydrogen) atoms. The van der Waals surface area contributed by atoms with Crippen LogP contribution in [0.15, 0.2) is 48.9 Å². The Balaban J connectivity index is 1.43. The van der Waals surface area contributed by atoms with Crippen molar-refractivity contribution in [1.82, 2.24) is 35.4 Å². The predicted molar refractivity (Wildman–Crippen MR) is 145 cm³/mol. The van der Waals surface area contributed by atoms with Gasteiger partial charge in [-0.1, -0.05) is 37.1 Å². The van der Waals surface area contributed by atoms with E-state index < -0.39 is 0 Å². The first kappa shape index (κ1) is 26.3. The summed E-state index contributed by atoms with van der Waals surface area (Å²) in [5.41, 5.74) is 3.95. The molecule has 3 N–H and O–H groups in total. The maximum atomic E-state index is 12.6. The Kier molecular flexibility index (Phi) is 8.84. The largest absolute Gasteiger partial charge is 0.359 e. The van der Waals surface area contributed by atoms with Crippen molar-refractivity contribution in [3.8, 4) is 22.5 Å². The molecule has 3 heterocycles. The number of carbonyl (C=O) groups excluding carboxylic acids is 2. The molecule has 3 aromatic heterocycles. The number of hydrogen-bond donors (Lipinski definition) is 3. The first-order valence-corrected chi connectivity index (χ1v) is 13.3. The molecule has 9 nitrogen and oxygen atoms in total. The smallest absolute Gasteiger partial charge is 0.263 e. The molecule has 0 fully saturated rings. The molecule has 194 valence electrons. The maximum Gasteiger partial charge on any atom is 0.263 e. The molecule has 2 amide bonds. The SMILES string of the molecule is CNC(=O)CCCCCC(CNC(=O)c1cnc(C)s1)c1ncc(-c2ccc(-c3ccn(C)n3)cc2)[nH]1. The van der Waals surface area contributed by atoms with Crippen LogP contribution >= 0.6 is 11.3 Å². The maximum absolute atomic E-state index is 12.6. The topological polar surface area (TPSA) is 118 Å². The number of imidazole rings is 1. The second-order valence-electron chi connectivity index (χ2n) is 9.06. The Hall–Kier alpha value is -3.79. The first-order chi connectivity index (χ1) is 17.9. The minimum absolute atomic E-state index is 0.0273. The molecule has 0 saturated carbocycles. The highest BCUT2D eigenvalue weighted by Gasteiger charge is 2.18. The molecule has 1 unspecified atom stereocenters. The molecular formula is C27H33N7O2S. The van der Waals surface area contributed by atoms with Gasteiger partial charge in [-0.3, -0.25) is 14.3 Å². The standard InChI is InChI=1S/C27H33N7O2S/c1-18-29-17-24(37-18)27(36)31-15-21(7-5-4-6-8-25(35)28-2)26-30-16-23(32-26)20-11-9-19(10-12-20)22-13-14-34(3)33-22/h9-14,16-17,21H,4-8,15H2,1-3H3,(H,28,35)(H,30,32)(H,31,36). The third kappa shape index (κ3) is 7.13. The third-order valence-electron chi connectivity index (χ3n) is 6.28. The van der Waals surface area contributed by atoms with E-state index in [0.29, 0.717) is 17.8 Å². The van der Waals surface area contributed by atoms with Crippen molar-refractivity contribution in [3.63, 3.8) is 0 Å². The fraction of sp³-hybridized carbons (Fsp3) is 0.370. The normalized spacial score (nSPS) is 11.9. The molecule has 1 atom stereocenters. The van der Waals surface area contributed by atoms with Gasteiger partial charge in [-0.05, 0) is 31.4 Å². The van der Waals surface area contributed by atoms with Gasteiger partial charge in [0.2, 0.25) is 5.91 Å². The van der Waals surface area contributed by atoms with Crippen LogP contribution in [0.4, 0.5) is 0 Å². The van der Waals surface area contributed by atoms with Crippen LogP contribution in [0.1, 0.15) is 58.5 Å². The molecular weight excluding hydrogens is 486 g/mol. The number of aryl methyl sites for hydroxylation is 2. The van der Waals surface area contributed by atoms with Gasteiger partial charge in [0, 0.05) is 44.7 Å². The van der Waals surface area contributed by atoms with E-state index in [4.69, 9.17) is 0 Å². The highest BCUT2D eigenvalue weighted by molar-refractivity contribution is 7.13. The van der Waals surface area contributed by atoms with E-state index in [1.54, 1.807) is 17.9 Å². The van der Waals surface area contributed by atoms with Crippen molar-refractivity contribution in [1.29, 1.82) is 0 Å². The summed E-state index contributed by atoms with van der Waals surface area (Å²) in [6.45, 7) is 2.35. The van der Waals surface area contributed by atoms with E-state index >= 15 is 0 Å². The summed E-state index contributed by atoms with van der Waals surface area (Å²) >= 11 is 1.38. The van der Waals surface area contributed by atoms with Gasteiger partial charge in [0.1, 0.15) is 10.7 Å². The second-order valence-corrected chi connectivity index (χ2v) is 10.3. The molecule has 1 aromatic carbocycles. The Morgan fingerprint density at radius 2 is 1.84 bits per heavy atom. The zero-order valence-electron chi connectivity index (χ0n) is 21.5. The lowest BCUT2D eigenvalue weighted by Gasteiger charge is -2.15. The Morgan fingerprint density at radius 1 is 1.05 bits per heavy atom. The highest BCUT2D eigenvalue weighted by atomic mass is 32.1. The number of aromatic nitrogens is 5. The summed E-state index contributed by atoms with van der Waals surface area (Å²) in [5.74, 6) is 0.816. The number of aromatic amines is 1. The number of thiazole rings is 1. The minimum atomic E-state index is -0.118. The van der Waals surface area contributed by atoms with Crippen LogP contribution in [-0.4, -0.2) is 50.1 Å². The average molecular weight is 520 g/mol. The third-order valence-corrected chi connectivity index (χ3v) is 7.19. The molecule has 0 spiro atoms. The number of H-pyrrole nitrogens is 1. The van der Waals surface area contributed by atoms with Crippen molar-refractivity contribution >= 4 is 23.2 Å². The van der Waals surface area contributed by atoms with E-state index in [0.717, 1.165) is 59.0 Å². The summed E-state index contributed by atoms with van der Waals surface area (Å²) in [6.07, 6.45) is 9.48. The van der Waals surface area contributed by atoms with E-state index in [1.807, 2.05) is 32.4 Å². The zero-order chi connectivity index (χ0) is 26.2. The fourth-order valence-corrected chi connectivity index (χ4v) is 4.86. The number of carbonyl (C=O) groups is 2. The summed E-state index contributed by atoms with van der Waals surface area (Å²) in [6, 6.07) is 10.2. The van der Waals surface area contributed by atoms with Crippen LogP contribution in [0.3, 0.4) is 0 Å². The van der Waals surface area contributed by atoms with Crippen LogP contribution in [0.5, 0.6) is 0 Å². The quantitative estimate of drug-likeness (QED) is 0.239. The van der Waals surface area contributed by atoms with Crippen molar-refractivity contribution in [2.75, 3.05) is 13.6 Å². The van der Waals surface area contributed by atoms with Crippen LogP contribution in [-0.2, 0) is 11.8 Å². The van der Waals surface area contributed by atoms with Gasteiger partial charge in [0.15, 0.2) is 0 Å². The predicted octanol–water partition coefficient (Wildman–Crippen LogP) is 4.45. The molecule has 0 bridgehead atoms. The fourth-order valence-electron chi connectivity index (χ4n) is 4.16. The molecule has 0 saturated heterocycles. The number of benzene rings is 1. The minimum Gasteiger partial charge on any atom is -0.359 e. The van der Waals surface area contributed by atoms with Crippen LogP contribution in [0, 0.1) is 6.92 Å². The average Bonchev–Trinajstić information content (AvgIpc) is 3.67. The number of nitrogens with one attached hydrogen (secondary N) is 3. The van der Waals surface area contributed by atoms with Gasteiger partial charge in [-0.2, -0.15) is 5.10 Å². The van der Waals surface area contributed by atoms with Gasteiger partial charge >= 0.3 is 0 Å². The first-order valence-electron chi connectivity index (χ1n) is 12.5. The van der Waals surface area contributed by atoms with E-state index in [1.165, 1.54) is 11.3 Å². The van der Waals surface area contributed by atoms with Crippen molar-refractivity contribution in [3.05, 3.63) is 64.6 Å². The van der Waals surface area contributed by atoms with Crippen LogP contribution in [0.25, 0.3) is 22.5 Å². The number of nitrogens with zero attached hydrogens (tertiary/aromatic N) is 4. The number of rotatable bonds is 12. The molecule has 0 aliphatic heterocycles. The van der Waals surface area contributed by atoms with E-state index in [2.05, 4.69) is 54.9 Å². The van der Waals surface area contributed by atoms with Gasteiger partial charge in [0.25, 0.3) is 5.91 Å². The van der Waals surface area contributed by atoms with Crippen LogP contribution < -0.4 is 10.6 Å². The van der Waals surface area contributed by atoms with Gasteiger partial charge < -0.3 is 15.6 Å². The number of amides is 2. The summed E-state index contributed by atoms with van der Waals surface area (Å²) < 4.78 is 1.79. The van der Waals surface area contributed by atoms with Gasteiger partial charge in [-0.15, -0.1) is 11.3 Å². The van der Waals surface area contributed by atoms with E-state index in [9.17, 15) is 9.59 Å². The van der Waals surface area contributed by atoms with Crippen molar-refractivity contribution < 1.29 is 9.59 Å². The zero-order valence-corrected chi connectivity index (χ0v) is 22.3. The number of hydrogen-bond acceptors (Lipinski definition) is 6. The Morgan fingerprint density at radius 3 is 2.51 bits per heavy atom. The number of unbranched alkanes of at least 4 members (excludes halogenated alkanes) is 2.